The van der Waals surface area contributed by atoms with E-state index in [0.29, 0.717) is 12.8 Å². The van der Waals surface area contributed by atoms with Crippen LogP contribution in [-0.4, -0.2) is 22.8 Å². The summed E-state index contributed by atoms with van der Waals surface area (Å²) in [7, 11) is 0. The van der Waals surface area contributed by atoms with Gasteiger partial charge in [-0.15, -0.1) is 0 Å². The van der Waals surface area contributed by atoms with Gasteiger partial charge in [-0.25, -0.2) is 0 Å². The molecule has 0 aromatic heterocycles. The highest BCUT2D eigenvalue weighted by Crippen LogP contribution is 2.17. The Balaban J connectivity index is 3.26. The maximum Gasteiger partial charge on any atom is 0.157 e. The maximum atomic E-state index is 10.1. The van der Waals surface area contributed by atoms with Gasteiger partial charge in [-0.3, -0.25) is 0 Å². The number of aliphatic hydroxyl groups is 2. The van der Waals surface area contributed by atoms with Crippen molar-refractivity contribution < 1.29 is 14.9 Å². The fourth-order valence-corrected chi connectivity index (χ4v) is 5.70. The lowest BCUT2D eigenvalue weighted by molar-refractivity contribution is -0.212. The Hall–Kier alpha value is -0.120. The minimum Gasteiger partial charge on any atom is -0.368 e. The molecule has 3 nitrogen and oxygen atoms in total. The lowest BCUT2D eigenvalue weighted by atomic mass is 10.0. The first-order valence-electron chi connectivity index (χ1n) is 18.2. The molecule has 0 rings (SSSR count). The van der Waals surface area contributed by atoms with Gasteiger partial charge >= 0.3 is 0 Å². The summed E-state index contributed by atoms with van der Waals surface area (Å²) in [6.07, 6.45) is 40.1. The molecule has 39 heavy (non-hydrogen) atoms. The molecule has 0 aromatic rings. The van der Waals surface area contributed by atoms with Crippen molar-refractivity contribution in [2.45, 2.75) is 232 Å². The molecular formula is C36H74O3. The Morgan fingerprint density at radius 1 is 0.308 bits per heavy atom. The highest BCUT2D eigenvalue weighted by molar-refractivity contribution is 4.54. The molecule has 2 atom stereocenters. The second kappa shape index (κ2) is 34.1. The van der Waals surface area contributed by atoms with E-state index >= 15 is 0 Å². The molecule has 0 radical (unpaired) electrons. The Bertz CT molecular complexity index is 390. The van der Waals surface area contributed by atoms with E-state index < -0.39 is 12.6 Å². The van der Waals surface area contributed by atoms with Crippen LogP contribution < -0.4 is 0 Å². The van der Waals surface area contributed by atoms with E-state index in [1.807, 2.05) is 0 Å². The van der Waals surface area contributed by atoms with Crippen LogP contribution in [0.25, 0.3) is 0 Å². The average molecular weight is 555 g/mol. The standard InChI is InChI=1S/C36H74O3/c1-3-5-7-9-11-13-15-17-19-21-23-25-27-29-31-33-35(37)39-36(38)34-32-30-28-26-24-22-20-18-16-14-12-10-8-6-4-2/h35-38H,3-34H2,1-2H3. The van der Waals surface area contributed by atoms with Crippen molar-refractivity contribution in [3.8, 4) is 0 Å². The van der Waals surface area contributed by atoms with E-state index in [0.717, 1.165) is 25.7 Å². The molecule has 0 aliphatic rings. The van der Waals surface area contributed by atoms with Gasteiger partial charge in [0.05, 0.1) is 0 Å². The Kier molecular flexibility index (Phi) is 34.0. The van der Waals surface area contributed by atoms with Gasteiger partial charge in [-0.1, -0.05) is 194 Å². The molecule has 0 saturated carbocycles. The smallest absolute Gasteiger partial charge is 0.157 e. The van der Waals surface area contributed by atoms with Gasteiger partial charge in [0.25, 0.3) is 0 Å². The summed E-state index contributed by atoms with van der Waals surface area (Å²) < 4.78 is 5.40. The summed E-state index contributed by atoms with van der Waals surface area (Å²) in [6.45, 7) is 4.57. The summed E-state index contributed by atoms with van der Waals surface area (Å²) in [5.74, 6) is 0. The molecule has 0 bridgehead atoms. The zero-order chi connectivity index (χ0) is 28.5. The molecule has 2 N–H and O–H groups in total. The van der Waals surface area contributed by atoms with Crippen LogP contribution in [0.3, 0.4) is 0 Å². The van der Waals surface area contributed by atoms with Gasteiger partial charge in [0.15, 0.2) is 12.6 Å². The third-order valence-electron chi connectivity index (χ3n) is 8.42. The molecule has 0 heterocycles. The van der Waals surface area contributed by atoms with Crippen molar-refractivity contribution in [2.24, 2.45) is 0 Å². The quantitative estimate of drug-likeness (QED) is 0.0614. The van der Waals surface area contributed by atoms with Crippen molar-refractivity contribution in [1.29, 1.82) is 0 Å². The zero-order valence-electron chi connectivity index (χ0n) is 27.1. The number of ether oxygens (including phenoxy) is 1. The first-order chi connectivity index (χ1) is 19.2. The Morgan fingerprint density at radius 3 is 0.692 bits per heavy atom. The van der Waals surface area contributed by atoms with Crippen molar-refractivity contribution in [3.63, 3.8) is 0 Å². The maximum absolute atomic E-state index is 10.1. The van der Waals surface area contributed by atoms with E-state index in [1.54, 1.807) is 0 Å². The van der Waals surface area contributed by atoms with Crippen molar-refractivity contribution in [3.05, 3.63) is 0 Å². The van der Waals surface area contributed by atoms with Crippen LogP contribution in [-0.2, 0) is 4.74 Å². The van der Waals surface area contributed by atoms with Crippen LogP contribution in [0.2, 0.25) is 0 Å². The third-order valence-corrected chi connectivity index (χ3v) is 8.42. The number of aliphatic hydroxyl groups excluding tert-OH is 2. The molecule has 0 aliphatic carbocycles. The number of unbranched alkanes of at least 4 members (excludes halogenated alkanes) is 28. The number of hydrogen-bond acceptors (Lipinski definition) is 3. The molecule has 0 fully saturated rings. The summed E-state index contributed by atoms with van der Waals surface area (Å²) in [5, 5.41) is 20.1. The summed E-state index contributed by atoms with van der Waals surface area (Å²) in [5.41, 5.74) is 0. The minimum atomic E-state index is -0.807. The fraction of sp³-hybridized carbons (Fsp3) is 1.00. The van der Waals surface area contributed by atoms with Gasteiger partial charge in [-0.2, -0.15) is 0 Å². The van der Waals surface area contributed by atoms with E-state index in [-0.39, 0.29) is 0 Å². The topological polar surface area (TPSA) is 49.7 Å². The second-order valence-corrected chi connectivity index (χ2v) is 12.5. The molecular weight excluding hydrogens is 480 g/mol. The van der Waals surface area contributed by atoms with E-state index in [9.17, 15) is 10.2 Å². The molecule has 0 aromatic carbocycles. The van der Waals surface area contributed by atoms with Gasteiger partial charge in [0.2, 0.25) is 0 Å². The van der Waals surface area contributed by atoms with Crippen LogP contribution in [0.1, 0.15) is 219 Å². The SMILES string of the molecule is CCCCCCCCCCCCCCCCCC(O)OC(O)CCCCCCCCCCCCCCCCC. The fourth-order valence-electron chi connectivity index (χ4n) is 5.70. The van der Waals surface area contributed by atoms with Gasteiger partial charge in [-0.05, 0) is 25.7 Å². The van der Waals surface area contributed by atoms with Crippen LogP contribution in [0, 0.1) is 0 Å². The average Bonchev–Trinajstić information content (AvgIpc) is 2.93. The molecule has 2 unspecified atom stereocenters. The number of rotatable bonds is 34. The predicted octanol–water partition coefficient (Wildman–Crippen LogP) is 12.2. The minimum absolute atomic E-state index is 0.647. The second-order valence-electron chi connectivity index (χ2n) is 12.5. The summed E-state index contributed by atoms with van der Waals surface area (Å²) in [6, 6.07) is 0. The van der Waals surface area contributed by atoms with E-state index in [4.69, 9.17) is 4.74 Å². The molecule has 236 valence electrons. The van der Waals surface area contributed by atoms with Crippen molar-refractivity contribution in [2.75, 3.05) is 0 Å². The number of hydrogen-bond donors (Lipinski definition) is 2. The first-order valence-corrected chi connectivity index (χ1v) is 18.2. The molecule has 3 heteroatoms. The molecule has 0 amide bonds. The monoisotopic (exact) mass is 555 g/mol. The van der Waals surface area contributed by atoms with E-state index in [1.165, 1.54) is 167 Å². The molecule has 0 saturated heterocycles. The Labute approximate surface area is 246 Å². The molecule has 0 spiro atoms. The van der Waals surface area contributed by atoms with Crippen LogP contribution in [0.4, 0.5) is 0 Å². The first kappa shape index (κ1) is 38.9. The van der Waals surface area contributed by atoms with Gasteiger partial charge in [0, 0.05) is 0 Å². The van der Waals surface area contributed by atoms with Gasteiger partial charge in [0.1, 0.15) is 0 Å². The Morgan fingerprint density at radius 2 is 0.487 bits per heavy atom. The highest BCUT2D eigenvalue weighted by atomic mass is 16.7. The van der Waals surface area contributed by atoms with Crippen molar-refractivity contribution in [1.82, 2.24) is 0 Å². The largest absolute Gasteiger partial charge is 0.368 e. The lowest BCUT2D eigenvalue weighted by Crippen LogP contribution is -2.21. The van der Waals surface area contributed by atoms with E-state index in [2.05, 4.69) is 13.8 Å². The van der Waals surface area contributed by atoms with Crippen molar-refractivity contribution >= 4 is 0 Å². The third kappa shape index (κ3) is 34.0. The van der Waals surface area contributed by atoms with Gasteiger partial charge < -0.3 is 14.9 Å². The summed E-state index contributed by atoms with van der Waals surface area (Å²) >= 11 is 0. The van der Waals surface area contributed by atoms with Crippen LogP contribution >= 0.6 is 0 Å². The molecule has 0 aliphatic heterocycles. The highest BCUT2D eigenvalue weighted by Gasteiger charge is 2.11. The normalized spacial score (nSPS) is 13.2. The summed E-state index contributed by atoms with van der Waals surface area (Å²) in [4.78, 5) is 0. The van der Waals surface area contributed by atoms with Crippen LogP contribution in [0.5, 0.6) is 0 Å². The van der Waals surface area contributed by atoms with Crippen LogP contribution in [0.15, 0.2) is 0 Å². The predicted molar refractivity (Wildman–Crippen MR) is 172 cm³/mol. The zero-order valence-corrected chi connectivity index (χ0v) is 27.1. The lowest BCUT2D eigenvalue weighted by Gasteiger charge is -2.17.